The van der Waals surface area contributed by atoms with Crippen LogP contribution in [-0.4, -0.2) is 26.5 Å². The van der Waals surface area contributed by atoms with Crippen LogP contribution in [0.15, 0.2) is 18.2 Å². The van der Waals surface area contributed by atoms with Crippen molar-refractivity contribution in [1.29, 1.82) is 0 Å². The van der Waals surface area contributed by atoms with E-state index in [0.717, 1.165) is 0 Å². The number of benzene rings is 1. The third-order valence-corrected chi connectivity index (χ3v) is 5.80. The summed E-state index contributed by atoms with van der Waals surface area (Å²) < 4.78 is 36.5. The molecule has 0 spiro atoms. The Morgan fingerprint density at radius 2 is 2.17 bits per heavy atom. The first-order chi connectivity index (χ1) is 8.37. The molecule has 1 unspecified atom stereocenters. The maximum atomic E-state index is 13.4. The minimum absolute atomic E-state index is 0.0589. The highest BCUT2D eigenvalue weighted by atomic mass is 35.5. The molecular weight excluding hydrogens is 277 g/mol. The molecule has 0 aliphatic carbocycles. The van der Waals surface area contributed by atoms with Crippen molar-refractivity contribution < 1.29 is 12.8 Å². The SMILES string of the molecule is NCC1(Cc2cccc(F)c2Cl)CCS(=O)(=O)C1. The highest BCUT2D eigenvalue weighted by Gasteiger charge is 2.41. The lowest BCUT2D eigenvalue weighted by atomic mass is 9.81. The molecule has 1 aromatic rings. The summed E-state index contributed by atoms with van der Waals surface area (Å²) in [5, 5.41) is 0.0645. The third-order valence-electron chi connectivity index (χ3n) is 3.50. The molecule has 18 heavy (non-hydrogen) atoms. The van der Waals surface area contributed by atoms with Crippen molar-refractivity contribution in [3.8, 4) is 0 Å². The second-order valence-corrected chi connectivity index (χ2v) is 7.50. The van der Waals surface area contributed by atoms with Crippen LogP contribution in [0.2, 0.25) is 5.02 Å². The Morgan fingerprint density at radius 1 is 1.44 bits per heavy atom. The molecule has 2 N–H and O–H groups in total. The molecule has 0 amide bonds. The minimum atomic E-state index is -3.03. The molecule has 1 aliphatic heterocycles. The lowest BCUT2D eigenvalue weighted by Crippen LogP contribution is -2.34. The fourth-order valence-corrected chi connectivity index (χ4v) is 4.82. The molecule has 0 saturated carbocycles. The second kappa shape index (κ2) is 4.79. The zero-order chi connectivity index (χ0) is 13.4. The van der Waals surface area contributed by atoms with Gasteiger partial charge in [-0.15, -0.1) is 0 Å². The normalized spacial score (nSPS) is 26.4. The molecule has 1 heterocycles. The molecule has 2 rings (SSSR count). The lowest BCUT2D eigenvalue weighted by molar-refractivity contribution is 0.344. The Balaban J connectivity index is 2.29. The summed E-state index contributed by atoms with van der Waals surface area (Å²) in [4.78, 5) is 0. The van der Waals surface area contributed by atoms with Crippen LogP contribution in [0.4, 0.5) is 4.39 Å². The summed E-state index contributed by atoms with van der Waals surface area (Å²) in [5.74, 6) is -0.275. The smallest absolute Gasteiger partial charge is 0.150 e. The summed E-state index contributed by atoms with van der Waals surface area (Å²) >= 11 is 5.90. The van der Waals surface area contributed by atoms with Gasteiger partial charge in [0.15, 0.2) is 9.84 Å². The second-order valence-electron chi connectivity index (χ2n) is 4.94. The van der Waals surface area contributed by atoms with E-state index in [4.69, 9.17) is 17.3 Å². The molecule has 1 aliphatic rings. The average Bonchev–Trinajstić information content (AvgIpc) is 2.62. The predicted octanol–water partition coefficient (Wildman–Crippen LogP) is 1.79. The summed E-state index contributed by atoms with van der Waals surface area (Å²) in [6.45, 7) is 0.263. The molecule has 1 atom stereocenters. The quantitative estimate of drug-likeness (QED) is 0.923. The van der Waals surface area contributed by atoms with Crippen LogP contribution in [-0.2, 0) is 16.3 Å². The fourth-order valence-electron chi connectivity index (χ4n) is 2.44. The number of sulfone groups is 1. The Kier molecular flexibility index (Phi) is 3.67. The minimum Gasteiger partial charge on any atom is -0.330 e. The number of hydrogen-bond donors (Lipinski definition) is 1. The number of rotatable bonds is 3. The highest BCUT2D eigenvalue weighted by Crippen LogP contribution is 2.36. The van der Waals surface area contributed by atoms with E-state index in [1.54, 1.807) is 12.1 Å². The van der Waals surface area contributed by atoms with Gasteiger partial charge in [0, 0.05) is 5.41 Å². The van der Waals surface area contributed by atoms with Gasteiger partial charge in [-0.05, 0) is 31.0 Å². The Labute approximate surface area is 111 Å². The van der Waals surface area contributed by atoms with Crippen LogP contribution in [0.25, 0.3) is 0 Å². The maximum absolute atomic E-state index is 13.4. The van der Waals surface area contributed by atoms with Crippen LogP contribution in [0.3, 0.4) is 0 Å². The van der Waals surface area contributed by atoms with E-state index >= 15 is 0 Å². The standard InChI is InChI=1S/C12H15ClFNO2S/c13-11-9(2-1-3-10(11)14)6-12(7-15)4-5-18(16,17)8-12/h1-3H,4-8,15H2. The lowest BCUT2D eigenvalue weighted by Gasteiger charge is -2.26. The first-order valence-corrected chi connectivity index (χ1v) is 7.91. The van der Waals surface area contributed by atoms with Crippen LogP contribution in [0.5, 0.6) is 0 Å². The van der Waals surface area contributed by atoms with Gasteiger partial charge in [0.1, 0.15) is 5.82 Å². The Bertz CT molecular complexity index is 561. The van der Waals surface area contributed by atoms with Gasteiger partial charge >= 0.3 is 0 Å². The van der Waals surface area contributed by atoms with Gasteiger partial charge in [-0.2, -0.15) is 0 Å². The van der Waals surface area contributed by atoms with Crippen molar-refractivity contribution >= 4 is 21.4 Å². The van der Waals surface area contributed by atoms with E-state index in [-0.39, 0.29) is 23.1 Å². The molecule has 3 nitrogen and oxygen atoms in total. The van der Waals surface area contributed by atoms with E-state index in [2.05, 4.69) is 0 Å². The number of hydrogen-bond acceptors (Lipinski definition) is 3. The van der Waals surface area contributed by atoms with E-state index in [9.17, 15) is 12.8 Å². The van der Waals surface area contributed by atoms with Crippen LogP contribution in [0, 0.1) is 11.2 Å². The molecule has 100 valence electrons. The van der Waals surface area contributed by atoms with Crippen LogP contribution >= 0.6 is 11.6 Å². The van der Waals surface area contributed by atoms with Gasteiger partial charge in [0.2, 0.25) is 0 Å². The monoisotopic (exact) mass is 291 g/mol. The Morgan fingerprint density at radius 3 is 2.72 bits per heavy atom. The van der Waals surface area contributed by atoms with E-state index in [1.165, 1.54) is 6.07 Å². The summed E-state index contributed by atoms with van der Waals surface area (Å²) in [6.07, 6.45) is 0.915. The van der Waals surface area contributed by atoms with E-state index in [0.29, 0.717) is 18.4 Å². The van der Waals surface area contributed by atoms with Gasteiger partial charge in [0.05, 0.1) is 16.5 Å². The summed E-state index contributed by atoms with van der Waals surface area (Å²) in [5.41, 5.74) is 5.85. The zero-order valence-corrected chi connectivity index (χ0v) is 11.4. The largest absolute Gasteiger partial charge is 0.330 e. The molecular formula is C12H15ClFNO2S. The Hall–Kier alpha value is -0.650. The van der Waals surface area contributed by atoms with Gasteiger partial charge in [-0.1, -0.05) is 23.7 Å². The van der Waals surface area contributed by atoms with Crippen molar-refractivity contribution in [3.05, 3.63) is 34.6 Å². The molecule has 0 radical (unpaired) electrons. The van der Waals surface area contributed by atoms with Crippen molar-refractivity contribution in [2.75, 3.05) is 18.1 Å². The summed E-state index contributed by atoms with van der Waals surface area (Å²) in [6, 6.07) is 4.57. The number of nitrogens with two attached hydrogens (primary N) is 1. The molecule has 1 saturated heterocycles. The summed E-state index contributed by atoms with van der Waals surface area (Å²) in [7, 11) is -3.03. The van der Waals surface area contributed by atoms with E-state index < -0.39 is 21.1 Å². The molecule has 6 heteroatoms. The van der Waals surface area contributed by atoms with E-state index in [1.807, 2.05) is 0 Å². The zero-order valence-electron chi connectivity index (χ0n) is 9.83. The third kappa shape index (κ3) is 2.68. The average molecular weight is 292 g/mol. The van der Waals surface area contributed by atoms with Crippen molar-refractivity contribution in [3.63, 3.8) is 0 Å². The topological polar surface area (TPSA) is 60.2 Å². The molecule has 0 bridgehead atoms. The fraction of sp³-hybridized carbons (Fsp3) is 0.500. The first-order valence-electron chi connectivity index (χ1n) is 5.71. The van der Waals surface area contributed by atoms with Gasteiger partial charge in [0.25, 0.3) is 0 Å². The van der Waals surface area contributed by atoms with Crippen molar-refractivity contribution in [2.24, 2.45) is 11.1 Å². The first kappa shape index (κ1) is 13.8. The van der Waals surface area contributed by atoms with Gasteiger partial charge in [-0.25, -0.2) is 12.8 Å². The van der Waals surface area contributed by atoms with Crippen LogP contribution < -0.4 is 5.73 Å². The van der Waals surface area contributed by atoms with Crippen molar-refractivity contribution in [1.82, 2.24) is 0 Å². The maximum Gasteiger partial charge on any atom is 0.150 e. The molecule has 1 fully saturated rings. The molecule has 0 aromatic heterocycles. The number of halogens is 2. The molecule has 1 aromatic carbocycles. The van der Waals surface area contributed by atoms with Crippen LogP contribution in [0.1, 0.15) is 12.0 Å². The highest BCUT2D eigenvalue weighted by molar-refractivity contribution is 7.91. The van der Waals surface area contributed by atoms with Gasteiger partial charge in [-0.3, -0.25) is 0 Å². The predicted molar refractivity (Wildman–Crippen MR) is 69.9 cm³/mol. The van der Waals surface area contributed by atoms with Gasteiger partial charge < -0.3 is 5.73 Å². The van der Waals surface area contributed by atoms with Crippen molar-refractivity contribution in [2.45, 2.75) is 12.8 Å².